The first-order valence-electron chi connectivity index (χ1n) is 8.87. The standard InChI is InChI=1S/C21H21ClN4O2/c1-28-18-8-4-15(5-9-18)12-13-23-20-11-10-19(25-26-20)21(27)24-14-16-2-6-17(22)7-3-16/h2-11H,12-14H2,1H3,(H,23,26)(H,24,27). The lowest BCUT2D eigenvalue weighted by atomic mass is 10.1. The molecular formula is C21H21ClN4O2. The number of nitrogens with one attached hydrogen (secondary N) is 2. The third-order valence-electron chi connectivity index (χ3n) is 4.14. The maximum atomic E-state index is 12.2. The van der Waals surface area contributed by atoms with E-state index in [1.807, 2.05) is 36.4 Å². The number of aromatic nitrogens is 2. The van der Waals surface area contributed by atoms with Gasteiger partial charge in [-0.3, -0.25) is 4.79 Å². The zero-order valence-corrected chi connectivity index (χ0v) is 16.2. The lowest BCUT2D eigenvalue weighted by molar-refractivity contribution is 0.0945. The Hall–Kier alpha value is -3.12. The maximum absolute atomic E-state index is 12.2. The fraction of sp³-hybridized carbons (Fsp3) is 0.190. The van der Waals surface area contributed by atoms with Crippen molar-refractivity contribution in [2.45, 2.75) is 13.0 Å². The van der Waals surface area contributed by atoms with Crippen LogP contribution in [0.5, 0.6) is 5.75 Å². The molecule has 1 amide bonds. The topological polar surface area (TPSA) is 76.1 Å². The van der Waals surface area contributed by atoms with E-state index in [0.29, 0.717) is 23.9 Å². The zero-order chi connectivity index (χ0) is 19.8. The fourth-order valence-corrected chi connectivity index (χ4v) is 2.68. The van der Waals surface area contributed by atoms with E-state index < -0.39 is 0 Å². The Morgan fingerprint density at radius 1 is 0.964 bits per heavy atom. The molecule has 3 aromatic rings. The number of nitrogens with zero attached hydrogens (tertiary/aromatic N) is 2. The van der Waals surface area contributed by atoms with Crippen LogP contribution in [-0.4, -0.2) is 29.8 Å². The minimum absolute atomic E-state index is 0.271. The van der Waals surface area contributed by atoms with Crippen molar-refractivity contribution in [2.24, 2.45) is 0 Å². The van der Waals surface area contributed by atoms with Crippen molar-refractivity contribution < 1.29 is 9.53 Å². The van der Waals surface area contributed by atoms with Gasteiger partial charge in [0.15, 0.2) is 5.69 Å². The van der Waals surface area contributed by atoms with Gasteiger partial charge >= 0.3 is 0 Å². The summed E-state index contributed by atoms with van der Waals surface area (Å²) in [5.41, 5.74) is 2.43. The van der Waals surface area contributed by atoms with Crippen LogP contribution in [0, 0.1) is 0 Å². The first-order valence-corrected chi connectivity index (χ1v) is 9.25. The number of hydrogen-bond donors (Lipinski definition) is 2. The van der Waals surface area contributed by atoms with Crippen LogP contribution in [0.4, 0.5) is 5.82 Å². The van der Waals surface area contributed by atoms with E-state index in [2.05, 4.69) is 20.8 Å². The fourth-order valence-electron chi connectivity index (χ4n) is 2.55. The summed E-state index contributed by atoms with van der Waals surface area (Å²) in [7, 11) is 1.65. The highest BCUT2D eigenvalue weighted by molar-refractivity contribution is 6.30. The largest absolute Gasteiger partial charge is 0.497 e. The summed E-state index contributed by atoms with van der Waals surface area (Å²) in [6.07, 6.45) is 0.842. The number of hydrogen-bond acceptors (Lipinski definition) is 5. The number of benzene rings is 2. The van der Waals surface area contributed by atoms with Gasteiger partial charge in [-0.25, -0.2) is 0 Å². The molecular weight excluding hydrogens is 376 g/mol. The van der Waals surface area contributed by atoms with Crippen molar-refractivity contribution in [3.05, 3.63) is 82.5 Å². The molecule has 1 aromatic heterocycles. The highest BCUT2D eigenvalue weighted by Gasteiger charge is 2.08. The zero-order valence-electron chi connectivity index (χ0n) is 15.5. The van der Waals surface area contributed by atoms with E-state index in [1.165, 1.54) is 5.56 Å². The van der Waals surface area contributed by atoms with Crippen LogP contribution in [0.1, 0.15) is 21.6 Å². The normalized spacial score (nSPS) is 10.4. The smallest absolute Gasteiger partial charge is 0.272 e. The van der Waals surface area contributed by atoms with Crippen LogP contribution in [0.2, 0.25) is 5.02 Å². The minimum Gasteiger partial charge on any atom is -0.497 e. The second-order valence-electron chi connectivity index (χ2n) is 6.14. The molecule has 0 radical (unpaired) electrons. The van der Waals surface area contributed by atoms with Gasteiger partial charge in [-0.15, -0.1) is 10.2 Å². The molecule has 2 N–H and O–H groups in total. The molecule has 7 heteroatoms. The van der Waals surface area contributed by atoms with Crippen LogP contribution in [0.3, 0.4) is 0 Å². The molecule has 3 rings (SSSR count). The Balaban J connectivity index is 1.45. The number of amides is 1. The van der Waals surface area contributed by atoms with E-state index in [-0.39, 0.29) is 11.6 Å². The van der Waals surface area contributed by atoms with E-state index in [0.717, 1.165) is 17.7 Å². The summed E-state index contributed by atoms with van der Waals surface area (Å²) in [5.74, 6) is 1.20. The average molecular weight is 397 g/mol. The number of anilines is 1. The average Bonchev–Trinajstić information content (AvgIpc) is 2.74. The molecule has 6 nitrogen and oxygen atoms in total. The van der Waals surface area contributed by atoms with E-state index in [1.54, 1.807) is 31.4 Å². The number of methoxy groups -OCH3 is 1. The Kier molecular flexibility index (Phi) is 6.81. The van der Waals surface area contributed by atoms with Crippen LogP contribution in [0.25, 0.3) is 0 Å². The number of halogens is 1. The lowest BCUT2D eigenvalue weighted by Gasteiger charge is -2.07. The highest BCUT2D eigenvalue weighted by atomic mass is 35.5. The molecule has 0 spiro atoms. The van der Waals surface area contributed by atoms with Gasteiger partial charge in [0.1, 0.15) is 11.6 Å². The molecule has 0 saturated carbocycles. The number of ether oxygens (including phenoxy) is 1. The third-order valence-corrected chi connectivity index (χ3v) is 4.39. The van der Waals surface area contributed by atoms with Gasteiger partial charge in [0.2, 0.25) is 0 Å². The molecule has 0 atom stereocenters. The molecule has 1 heterocycles. The van der Waals surface area contributed by atoms with Crippen molar-refractivity contribution in [3.63, 3.8) is 0 Å². The summed E-state index contributed by atoms with van der Waals surface area (Å²) in [6.45, 7) is 1.11. The first kappa shape index (κ1) is 19.6. The quantitative estimate of drug-likeness (QED) is 0.606. The molecule has 28 heavy (non-hydrogen) atoms. The van der Waals surface area contributed by atoms with Crippen LogP contribution < -0.4 is 15.4 Å². The number of rotatable bonds is 8. The summed E-state index contributed by atoms with van der Waals surface area (Å²) < 4.78 is 5.15. The highest BCUT2D eigenvalue weighted by Crippen LogP contribution is 2.12. The van der Waals surface area contributed by atoms with Gasteiger partial charge in [-0.2, -0.15) is 0 Å². The molecule has 0 aliphatic carbocycles. The lowest BCUT2D eigenvalue weighted by Crippen LogP contribution is -2.24. The van der Waals surface area contributed by atoms with Gasteiger partial charge in [-0.05, 0) is 53.9 Å². The molecule has 0 aliphatic heterocycles. The van der Waals surface area contributed by atoms with Gasteiger partial charge < -0.3 is 15.4 Å². The SMILES string of the molecule is COc1ccc(CCNc2ccc(C(=O)NCc3ccc(Cl)cc3)nn2)cc1. The maximum Gasteiger partial charge on any atom is 0.272 e. The Morgan fingerprint density at radius 3 is 2.32 bits per heavy atom. The second kappa shape index (κ2) is 9.71. The van der Waals surface area contributed by atoms with Crippen molar-refractivity contribution >= 4 is 23.3 Å². The molecule has 0 fully saturated rings. The molecule has 2 aromatic carbocycles. The Labute approximate surface area is 168 Å². The van der Waals surface area contributed by atoms with Gasteiger partial charge in [0.25, 0.3) is 5.91 Å². The molecule has 0 bridgehead atoms. The van der Waals surface area contributed by atoms with E-state index in [4.69, 9.17) is 16.3 Å². The third kappa shape index (κ3) is 5.69. The monoisotopic (exact) mass is 396 g/mol. The van der Waals surface area contributed by atoms with Crippen LogP contribution in [-0.2, 0) is 13.0 Å². The van der Waals surface area contributed by atoms with Gasteiger partial charge in [-0.1, -0.05) is 35.9 Å². The van der Waals surface area contributed by atoms with E-state index in [9.17, 15) is 4.79 Å². The van der Waals surface area contributed by atoms with Crippen molar-refractivity contribution in [2.75, 3.05) is 19.0 Å². The summed E-state index contributed by atoms with van der Waals surface area (Å²) in [6, 6.07) is 18.6. The van der Waals surface area contributed by atoms with Gasteiger partial charge in [0.05, 0.1) is 7.11 Å². The molecule has 144 valence electrons. The predicted octanol–water partition coefficient (Wildman–Crippen LogP) is 3.72. The number of carbonyl (C=O) groups is 1. The summed E-state index contributed by atoms with van der Waals surface area (Å²) in [5, 5.41) is 14.7. The second-order valence-corrected chi connectivity index (χ2v) is 6.57. The number of carbonyl (C=O) groups excluding carboxylic acids is 1. The summed E-state index contributed by atoms with van der Waals surface area (Å²) in [4.78, 5) is 12.2. The predicted molar refractivity (Wildman–Crippen MR) is 110 cm³/mol. The molecule has 0 aliphatic rings. The van der Waals surface area contributed by atoms with E-state index >= 15 is 0 Å². The molecule has 0 unspecified atom stereocenters. The molecule has 0 saturated heterocycles. The Morgan fingerprint density at radius 2 is 1.68 bits per heavy atom. The minimum atomic E-state index is -0.271. The van der Waals surface area contributed by atoms with Crippen molar-refractivity contribution in [3.8, 4) is 5.75 Å². The first-order chi connectivity index (χ1) is 13.6. The van der Waals surface area contributed by atoms with Crippen molar-refractivity contribution in [1.82, 2.24) is 15.5 Å². The summed E-state index contributed by atoms with van der Waals surface area (Å²) >= 11 is 5.85. The Bertz CT molecular complexity index is 897. The van der Waals surface area contributed by atoms with Crippen LogP contribution in [0.15, 0.2) is 60.7 Å². The van der Waals surface area contributed by atoms with Crippen LogP contribution >= 0.6 is 11.6 Å². The van der Waals surface area contributed by atoms with Gasteiger partial charge in [0, 0.05) is 18.1 Å². The van der Waals surface area contributed by atoms with Crippen molar-refractivity contribution in [1.29, 1.82) is 0 Å².